The topological polar surface area (TPSA) is 110 Å². The van der Waals surface area contributed by atoms with Gasteiger partial charge in [0.1, 0.15) is 0 Å². The van der Waals surface area contributed by atoms with Crippen LogP contribution in [0, 0.1) is 16.0 Å². The van der Waals surface area contributed by atoms with Gasteiger partial charge in [0.25, 0.3) is 11.6 Å². The highest BCUT2D eigenvalue weighted by Gasteiger charge is 2.17. The third-order valence-corrected chi connectivity index (χ3v) is 3.52. The molecule has 1 heterocycles. The molecule has 1 aliphatic rings. The summed E-state index contributed by atoms with van der Waals surface area (Å²) in [6.07, 6.45) is 2.15. The van der Waals surface area contributed by atoms with E-state index in [0.29, 0.717) is 11.6 Å². The van der Waals surface area contributed by atoms with Crippen LogP contribution in [0.4, 0.5) is 11.4 Å². The molecule has 0 aliphatic carbocycles. The first-order chi connectivity index (χ1) is 9.58. The highest BCUT2D eigenvalue weighted by molar-refractivity contribution is 5.99. The number of benzene rings is 1. The molecular weight excluding hydrogens is 260 g/mol. The minimum atomic E-state index is -0.665. The number of carbonyl (C=O) groups is 1. The number of nitrogens with one attached hydrogen (secondary N) is 2. The summed E-state index contributed by atoms with van der Waals surface area (Å²) >= 11 is 0. The van der Waals surface area contributed by atoms with Gasteiger partial charge in [0.05, 0.1) is 10.5 Å². The summed E-state index contributed by atoms with van der Waals surface area (Å²) in [6, 6.07) is 4.13. The lowest BCUT2D eigenvalue weighted by Crippen LogP contribution is -2.31. The van der Waals surface area contributed by atoms with Crippen LogP contribution in [0.2, 0.25) is 0 Å². The van der Waals surface area contributed by atoms with Gasteiger partial charge in [-0.1, -0.05) is 0 Å². The number of non-ortho nitro benzene ring substituents is 1. The minimum Gasteiger partial charge on any atom is -0.384 e. The van der Waals surface area contributed by atoms with Gasteiger partial charge in [0, 0.05) is 24.4 Å². The molecule has 0 radical (unpaired) electrons. The molecule has 0 spiro atoms. The third-order valence-electron chi connectivity index (χ3n) is 3.52. The molecule has 7 heteroatoms. The number of anilines is 1. The van der Waals surface area contributed by atoms with Crippen LogP contribution in [0.25, 0.3) is 0 Å². The Morgan fingerprint density at radius 2 is 2.15 bits per heavy atom. The van der Waals surface area contributed by atoms with Crippen molar-refractivity contribution < 1.29 is 9.72 Å². The van der Waals surface area contributed by atoms with Crippen LogP contribution in [0.15, 0.2) is 18.2 Å². The highest BCUT2D eigenvalue weighted by atomic mass is 16.6. The van der Waals surface area contributed by atoms with E-state index in [1.165, 1.54) is 12.1 Å². The monoisotopic (exact) mass is 278 g/mol. The predicted octanol–water partition coefficient (Wildman–Crippen LogP) is 1.11. The molecule has 1 saturated heterocycles. The van der Waals surface area contributed by atoms with E-state index in [0.717, 1.165) is 32.5 Å². The zero-order valence-corrected chi connectivity index (χ0v) is 11.1. The molecular formula is C13H18N4O3. The summed E-state index contributed by atoms with van der Waals surface area (Å²) in [4.78, 5) is 21.6. The van der Waals surface area contributed by atoms with Gasteiger partial charge in [-0.05, 0) is 37.9 Å². The second kappa shape index (κ2) is 6.33. The Bertz CT molecular complexity index is 512. The van der Waals surface area contributed by atoms with Crippen molar-refractivity contribution in [2.45, 2.75) is 12.8 Å². The van der Waals surface area contributed by atoms with Crippen molar-refractivity contribution in [2.75, 3.05) is 25.0 Å². The SMILES string of the molecule is NC(=O)c1cc([N+](=O)[O-])ccc1NCC1CCNCC1. The number of hydrogen-bond donors (Lipinski definition) is 3. The zero-order valence-electron chi connectivity index (χ0n) is 11.1. The van der Waals surface area contributed by atoms with Crippen molar-refractivity contribution in [1.82, 2.24) is 5.32 Å². The molecule has 2 rings (SSSR count). The number of nitrogens with two attached hydrogens (primary N) is 1. The first-order valence-corrected chi connectivity index (χ1v) is 6.60. The van der Waals surface area contributed by atoms with Gasteiger partial charge in [-0.25, -0.2) is 0 Å². The second-order valence-electron chi connectivity index (χ2n) is 4.93. The highest BCUT2D eigenvalue weighted by Crippen LogP contribution is 2.23. The van der Waals surface area contributed by atoms with Crippen molar-refractivity contribution in [1.29, 1.82) is 0 Å². The number of rotatable bonds is 5. The molecule has 0 atom stereocenters. The van der Waals surface area contributed by atoms with E-state index >= 15 is 0 Å². The van der Waals surface area contributed by atoms with E-state index < -0.39 is 10.8 Å². The summed E-state index contributed by atoms with van der Waals surface area (Å²) in [5, 5.41) is 17.2. The number of nitro benzene ring substituents is 1. The smallest absolute Gasteiger partial charge is 0.270 e. The summed E-state index contributed by atoms with van der Waals surface area (Å²) in [7, 11) is 0. The van der Waals surface area contributed by atoms with Crippen molar-refractivity contribution in [3.63, 3.8) is 0 Å². The van der Waals surface area contributed by atoms with Crippen LogP contribution in [0.1, 0.15) is 23.2 Å². The van der Waals surface area contributed by atoms with E-state index in [1.54, 1.807) is 6.07 Å². The Morgan fingerprint density at radius 3 is 2.75 bits per heavy atom. The Hall–Kier alpha value is -2.15. The average molecular weight is 278 g/mol. The Morgan fingerprint density at radius 1 is 1.45 bits per heavy atom. The standard InChI is InChI=1S/C13H18N4O3/c14-13(18)11-7-10(17(19)20)1-2-12(11)16-8-9-3-5-15-6-4-9/h1-2,7,9,15-16H,3-6,8H2,(H2,14,18). The first kappa shape index (κ1) is 14.3. The number of amides is 1. The summed E-state index contributed by atoms with van der Waals surface area (Å²) in [5.41, 5.74) is 5.87. The Kier molecular flexibility index (Phi) is 4.52. The van der Waals surface area contributed by atoms with Crippen LogP contribution in [0.3, 0.4) is 0 Å². The lowest BCUT2D eigenvalue weighted by molar-refractivity contribution is -0.384. The molecule has 0 bridgehead atoms. The molecule has 1 aliphatic heterocycles. The fraction of sp³-hybridized carbons (Fsp3) is 0.462. The Balaban J connectivity index is 2.09. The average Bonchev–Trinajstić information content (AvgIpc) is 2.45. The van der Waals surface area contributed by atoms with Crippen molar-refractivity contribution in [3.8, 4) is 0 Å². The molecule has 0 unspecified atom stereocenters. The number of carbonyl (C=O) groups excluding carboxylic acids is 1. The second-order valence-corrected chi connectivity index (χ2v) is 4.93. The lowest BCUT2D eigenvalue weighted by Gasteiger charge is -2.23. The molecule has 1 fully saturated rings. The number of piperidine rings is 1. The fourth-order valence-corrected chi connectivity index (χ4v) is 2.34. The van der Waals surface area contributed by atoms with Crippen LogP contribution in [-0.2, 0) is 0 Å². The van der Waals surface area contributed by atoms with Gasteiger partial charge in [0.15, 0.2) is 0 Å². The summed E-state index contributed by atoms with van der Waals surface area (Å²) in [5.74, 6) is -0.131. The number of primary amides is 1. The van der Waals surface area contributed by atoms with Gasteiger partial charge < -0.3 is 16.4 Å². The molecule has 20 heavy (non-hydrogen) atoms. The van der Waals surface area contributed by atoms with Gasteiger partial charge in [-0.15, -0.1) is 0 Å². The number of hydrogen-bond acceptors (Lipinski definition) is 5. The molecule has 0 saturated carbocycles. The van der Waals surface area contributed by atoms with E-state index in [1.807, 2.05) is 0 Å². The molecule has 1 aromatic rings. The maximum atomic E-state index is 11.4. The van der Waals surface area contributed by atoms with E-state index in [9.17, 15) is 14.9 Å². The molecule has 108 valence electrons. The normalized spacial score (nSPS) is 15.8. The van der Waals surface area contributed by atoms with E-state index in [-0.39, 0.29) is 11.3 Å². The first-order valence-electron chi connectivity index (χ1n) is 6.60. The molecule has 1 amide bonds. The van der Waals surface area contributed by atoms with Crippen molar-refractivity contribution in [3.05, 3.63) is 33.9 Å². The number of nitro groups is 1. The third kappa shape index (κ3) is 3.45. The van der Waals surface area contributed by atoms with Crippen LogP contribution >= 0.6 is 0 Å². The van der Waals surface area contributed by atoms with E-state index in [2.05, 4.69) is 10.6 Å². The summed E-state index contributed by atoms with van der Waals surface area (Å²) < 4.78 is 0. The van der Waals surface area contributed by atoms with Crippen LogP contribution in [-0.4, -0.2) is 30.5 Å². The largest absolute Gasteiger partial charge is 0.384 e. The molecule has 4 N–H and O–H groups in total. The maximum Gasteiger partial charge on any atom is 0.270 e. The molecule has 0 aromatic heterocycles. The van der Waals surface area contributed by atoms with Gasteiger partial charge in [-0.2, -0.15) is 0 Å². The quantitative estimate of drug-likeness (QED) is 0.552. The Labute approximate surface area is 116 Å². The minimum absolute atomic E-state index is 0.133. The van der Waals surface area contributed by atoms with Gasteiger partial charge in [0.2, 0.25) is 0 Å². The van der Waals surface area contributed by atoms with Crippen molar-refractivity contribution in [2.24, 2.45) is 11.7 Å². The van der Waals surface area contributed by atoms with E-state index in [4.69, 9.17) is 5.73 Å². The predicted molar refractivity (Wildman–Crippen MR) is 75.7 cm³/mol. The fourth-order valence-electron chi connectivity index (χ4n) is 2.34. The van der Waals surface area contributed by atoms with Crippen LogP contribution in [0.5, 0.6) is 0 Å². The lowest BCUT2D eigenvalue weighted by atomic mass is 9.98. The molecule has 1 aromatic carbocycles. The van der Waals surface area contributed by atoms with Gasteiger partial charge >= 0.3 is 0 Å². The zero-order chi connectivity index (χ0) is 14.5. The van der Waals surface area contributed by atoms with Crippen LogP contribution < -0.4 is 16.4 Å². The molecule has 7 nitrogen and oxygen atoms in total. The number of nitrogens with zero attached hydrogens (tertiary/aromatic N) is 1. The van der Waals surface area contributed by atoms with Crippen molar-refractivity contribution >= 4 is 17.3 Å². The van der Waals surface area contributed by atoms with Gasteiger partial charge in [-0.3, -0.25) is 14.9 Å². The summed E-state index contributed by atoms with van der Waals surface area (Å²) in [6.45, 7) is 2.73. The maximum absolute atomic E-state index is 11.4.